The first-order chi connectivity index (χ1) is 10.1. The van der Waals surface area contributed by atoms with Crippen LogP contribution in [0.3, 0.4) is 0 Å². The monoisotopic (exact) mass is 332 g/mol. The van der Waals surface area contributed by atoms with Crippen LogP contribution in [0.2, 0.25) is 18.1 Å². The van der Waals surface area contributed by atoms with Gasteiger partial charge in [-0.3, -0.25) is 0 Å². The van der Waals surface area contributed by atoms with Crippen molar-refractivity contribution in [3.05, 3.63) is 0 Å². The third-order valence-corrected chi connectivity index (χ3v) is 9.25. The Bertz CT molecular complexity index is 312. The molecule has 0 aliphatic heterocycles. The molecule has 0 rings (SSSR count). The van der Waals surface area contributed by atoms with E-state index in [0.29, 0.717) is 18.9 Å². The average Bonchev–Trinajstić information content (AvgIpc) is 2.42. The zero-order valence-corrected chi connectivity index (χ0v) is 16.8. The minimum atomic E-state index is -1.75. The lowest BCUT2D eigenvalue weighted by atomic mass is 9.90. The number of rotatable bonds is 11. The third-order valence-electron chi connectivity index (χ3n) is 4.75. The van der Waals surface area contributed by atoms with Crippen molar-refractivity contribution < 1.29 is 18.7 Å². The predicted molar refractivity (Wildman–Crippen MR) is 93.5 cm³/mol. The van der Waals surface area contributed by atoms with Gasteiger partial charge in [-0.15, -0.1) is 0 Å². The highest BCUT2D eigenvalue weighted by Gasteiger charge is 2.38. The Morgan fingerprint density at radius 1 is 1.14 bits per heavy atom. The maximum atomic E-state index is 10.6. The standard InChI is InChI=1S/C17H36O4Si/c1-14(10-9-11-18)16(20-13-19-6)15(2)12-21-22(7,8)17(3,4)5/h11,14-16H,9-10,12-13H2,1-8H3/t14-,15-,16-/m1/s1. The van der Waals surface area contributed by atoms with Gasteiger partial charge >= 0.3 is 0 Å². The first kappa shape index (κ1) is 21.8. The van der Waals surface area contributed by atoms with Crippen LogP contribution >= 0.6 is 0 Å². The molecule has 0 spiro atoms. The highest BCUT2D eigenvalue weighted by Crippen LogP contribution is 2.37. The van der Waals surface area contributed by atoms with E-state index in [-0.39, 0.29) is 23.9 Å². The Hall–Kier alpha value is -0.233. The van der Waals surface area contributed by atoms with Crippen LogP contribution in [0.15, 0.2) is 0 Å². The number of aldehydes is 1. The van der Waals surface area contributed by atoms with E-state index >= 15 is 0 Å². The van der Waals surface area contributed by atoms with Crippen molar-refractivity contribution in [2.75, 3.05) is 20.5 Å². The summed E-state index contributed by atoms with van der Waals surface area (Å²) in [5.41, 5.74) is 0. The molecule has 0 fully saturated rings. The lowest BCUT2D eigenvalue weighted by Gasteiger charge is -2.38. The predicted octanol–water partition coefficient (Wildman–Crippen LogP) is 4.25. The summed E-state index contributed by atoms with van der Waals surface area (Å²) < 4.78 is 17.2. The molecule has 0 radical (unpaired) electrons. The molecule has 22 heavy (non-hydrogen) atoms. The van der Waals surface area contributed by atoms with Crippen LogP contribution in [-0.2, 0) is 18.7 Å². The molecular formula is C17H36O4Si. The fraction of sp³-hybridized carbons (Fsp3) is 0.941. The van der Waals surface area contributed by atoms with E-state index in [9.17, 15) is 4.79 Å². The number of hydrogen-bond donors (Lipinski definition) is 0. The minimum Gasteiger partial charge on any atom is -0.416 e. The SMILES string of the molecule is COCO[C@H]([C@H](C)CCC=O)[C@H](C)CO[Si](C)(C)C(C)(C)C. The third kappa shape index (κ3) is 7.35. The van der Waals surface area contributed by atoms with Gasteiger partial charge < -0.3 is 18.7 Å². The summed E-state index contributed by atoms with van der Waals surface area (Å²) in [5, 5.41) is 0.207. The zero-order valence-electron chi connectivity index (χ0n) is 15.8. The van der Waals surface area contributed by atoms with E-state index in [1.165, 1.54) is 0 Å². The summed E-state index contributed by atoms with van der Waals surface area (Å²) in [4.78, 5) is 10.6. The maximum absolute atomic E-state index is 10.6. The van der Waals surface area contributed by atoms with Crippen LogP contribution < -0.4 is 0 Å². The quantitative estimate of drug-likeness (QED) is 0.322. The Kier molecular flexibility index (Phi) is 9.70. The van der Waals surface area contributed by atoms with E-state index in [2.05, 4.69) is 47.7 Å². The van der Waals surface area contributed by atoms with Crippen molar-refractivity contribution in [1.82, 2.24) is 0 Å². The summed E-state index contributed by atoms with van der Waals surface area (Å²) >= 11 is 0. The van der Waals surface area contributed by atoms with Crippen LogP contribution in [0.1, 0.15) is 47.5 Å². The molecule has 0 aromatic heterocycles. The minimum absolute atomic E-state index is 0.0460. The van der Waals surface area contributed by atoms with Crippen molar-refractivity contribution in [1.29, 1.82) is 0 Å². The van der Waals surface area contributed by atoms with Crippen LogP contribution in [0.25, 0.3) is 0 Å². The van der Waals surface area contributed by atoms with Crippen molar-refractivity contribution in [2.45, 2.75) is 71.7 Å². The Morgan fingerprint density at radius 2 is 1.73 bits per heavy atom. The van der Waals surface area contributed by atoms with Crippen molar-refractivity contribution in [3.63, 3.8) is 0 Å². The van der Waals surface area contributed by atoms with Crippen molar-refractivity contribution in [3.8, 4) is 0 Å². The van der Waals surface area contributed by atoms with E-state index in [1.54, 1.807) is 7.11 Å². The molecule has 0 amide bonds. The van der Waals surface area contributed by atoms with Crippen molar-refractivity contribution >= 4 is 14.6 Å². The topological polar surface area (TPSA) is 44.8 Å². The molecule has 0 aromatic rings. The van der Waals surface area contributed by atoms with Crippen LogP contribution in [0, 0.1) is 11.8 Å². The molecule has 5 heteroatoms. The first-order valence-corrected chi connectivity index (χ1v) is 11.2. The average molecular weight is 333 g/mol. The molecule has 0 N–H and O–H groups in total. The number of ether oxygens (including phenoxy) is 2. The van der Waals surface area contributed by atoms with Gasteiger partial charge in [-0.2, -0.15) is 0 Å². The summed E-state index contributed by atoms with van der Waals surface area (Å²) in [6, 6.07) is 0. The number of hydrogen-bond acceptors (Lipinski definition) is 4. The highest BCUT2D eigenvalue weighted by atomic mass is 28.4. The second-order valence-electron chi connectivity index (χ2n) is 7.81. The fourth-order valence-electron chi connectivity index (χ4n) is 2.18. The molecule has 132 valence electrons. The lowest BCUT2D eigenvalue weighted by molar-refractivity contribution is -0.116. The second kappa shape index (κ2) is 9.81. The maximum Gasteiger partial charge on any atom is 0.191 e. The molecule has 0 heterocycles. The largest absolute Gasteiger partial charge is 0.416 e. The van der Waals surface area contributed by atoms with Gasteiger partial charge in [-0.1, -0.05) is 34.6 Å². The van der Waals surface area contributed by atoms with Gasteiger partial charge in [0, 0.05) is 26.1 Å². The van der Waals surface area contributed by atoms with Gasteiger partial charge in [-0.05, 0) is 30.5 Å². The number of carbonyl (C=O) groups excluding carboxylic acids is 1. The molecule has 0 aromatic carbocycles. The molecule has 0 aliphatic rings. The molecular weight excluding hydrogens is 296 g/mol. The van der Waals surface area contributed by atoms with Gasteiger partial charge in [0.15, 0.2) is 8.32 Å². The molecule has 0 aliphatic carbocycles. The highest BCUT2D eigenvalue weighted by molar-refractivity contribution is 6.74. The van der Waals surface area contributed by atoms with Gasteiger partial charge in [0.05, 0.1) is 6.10 Å². The van der Waals surface area contributed by atoms with Crippen molar-refractivity contribution in [2.24, 2.45) is 11.8 Å². The molecule has 0 unspecified atom stereocenters. The van der Waals surface area contributed by atoms with Gasteiger partial charge in [-0.25, -0.2) is 0 Å². The fourth-order valence-corrected chi connectivity index (χ4v) is 3.29. The van der Waals surface area contributed by atoms with E-state index in [0.717, 1.165) is 12.7 Å². The lowest BCUT2D eigenvalue weighted by Crippen LogP contribution is -2.43. The van der Waals surface area contributed by atoms with E-state index < -0.39 is 8.32 Å². The Balaban J connectivity index is 4.68. The summed E-state index contributed by atoms with van der Waals surface area (Å²) in [7, 11) is -0.119. The summed E-state index contributed by atoms with van der Waals surface area (Å²) in [6.45, 7) is 16.5. The molecule has 0 bridgehead atoms. The number of carbonyl (C=O) groups is 1. The van der Waals surface area contributed by atoms with Gasteiger partial charge in [0.1, 0.15) is 13.1 Å². The Labute approximate surface area is 138 Å². The second-order valence-corrected chi connectivity index (χ2v) is 12.6. The van der Waals surface area contributed by atoms with Gasteiger partial charge in [0.25, 0.3) is 0 Å². The van der Waals surface area contributed by atoms with Crippen LogP contribution in [-0.4, -0.2) is 41.2 Å². The van der Waals surface area contributed by atoms with Gasteiger partial charge in [0.2, 0.25) is 0 Å². The molecule has 0 saturated heterocycles. The summed E-state index contributed by atoms with van der Waals surface area (Å²) in [5.74, 6) is 0.573. The molecule has 4 nitrogen and oxygen atoms in total. The van der Waals surface area contributed by atoms with Crippen LogP contribution in [0.4, 0.5) is 0 Å². The van der Waals surface area contributed by atoms with E-state index in [4.69, 9.17) is 13.9 Å². The zero-order chi connectivity index (χ0) is 17.4. The Morgan fingerprint density at radius 3 is 2.18 bits per heavy atom. The smallest absolute Gasteiger partial charge is 0.191 e. The van der Waals surface area contributed by atoms with E-state index in [1.807, 2.05) is 0 Å². The number of methoxy groups -OCH3 is 1. The normalized spacial score (nSPS) is 17.1. The van der Waals surface area contributed by atoms with Crippen LogP contribution in [0.5, 0.6) is 0 Å². The molecule has 3 atom stereocenters. The molecule has 0 saturated carbocycles. The first-order valence-electron chi connectivity index (χ1n) is 8.25. The summed E-state index contributed by atoms with van der Waals surface area (Å²) in [6.07, 6.45) is 2.43.